The van der Waals surface area contributed by atoms with Crippen molar-refractivity contribution < 1.29 is 4.79 Å². The van der Waals surface area contributed by atoms with E-state index >= 15 is 0 Å². The maximum absolute atomic E-state index is 12.0. The number of amides is 1. The van der Waals surface area contributed by atoms with Crippen LogP contribution in [0.5, 0.6) is 0 Å². The number of pyridine rings is 1. The van der Waals surface area contributed by atoms with E-state index in [-0.39, 0.29) is 5.91 Å². The minimum atomic E-state index is -0.173. The first-order valence-corrected chi connectivity index (χ1v) is 7.30. The first kappa shape index (κ1) is 14.3. The Morgan fingerprint density at radius 2 is 2.09 bits per heavy atom. The van der Waals surface area contributed by atoms with Crippen molar-refractivity contribution in [3.8, 4) is 0 Å². The molecule has 1 aromatic carbocycles. The topological polar surface area (TPSA) is 59.8 Å². The number of fused-ring (bicyclic) bond motifs is 1. The van der Waals surface area contributed by atoms with Crippen LogP contribution in [0.4, 0.5) is 0 Å². The Balaban J connectivity index is 1.73. The van der Waals surface area contributed by atoms with Crippen LogP contribution in [-0.2, 0) is 6.54 Å². The number of nitrogens with one attached hydrogen (secondary N) is 1. The number of carbonyl (C=O) groups is 1. The van der Waals surface area contributed by atoms with E-state index in [1.54, 1.807) is 24.4 Å². The van der Waals surface area contributed by atoms with Crippen LogP contribution in [0.1, 0.15) is 35.9 Å². The highest BCUT2D eigenvalue weighted by molar-refractivity contribution is 5.92. The van der Waals surface area contributed by atoms with Crippen LogP contribution < -0.4 is 5.32 Å². The van der Waals surface area contributed by atoms with Gasteiger partial charge in [-0.3, -0.25) is 9.78 Å². The lowest BCUT2D eigenvalue weighted by Crippen LogP contribution is -2.23. The normalized spacial score (nSPS) is 11.0. The summed E-state index contributed by atoms with van der Waals surface area (Å²) in [6.07, 6.45) is 3.46. The number of hydrogen-bond donors (Lipinski definition) is 1. The van der Waals surface area contributed by atoms with Crippen LogP contribution in [0.3, 0.4) is 0 Å². The first-order chi connectivity index (χ1) is 10.6. The first-order valence-electron chi connectivity index (χ1n) is 7.30. The molecule has 0 bridgehead atoms. The third kappa shape index (κ3) is 2.83. The van der Waals surface area contributed by atoms with Crippen molar-refractivity contribution >= 4 is 16.9 Å². The number of aromatic nitrogens is 3. The fourth-order valence-electron chi connectivity index (χ4n) is 2.37. The van der Waals surface area contributed by atoms with Crippen LogP contribution in [0.2, 0.25) is 0 Å². The summed E-state index contributed by atoms with van der Waals surface area (Å²) in [5, 5.41) is 2.87. The number of nitrogens with zero attached hydrogens (tertiary/aromatic N) is 3. The molecule has 2 heterocycles. The minimum Gasteiger partial charge on any atom is -0.347 e. The number of rotatable bonds is 4. The molecule has 1 N–H and O–H groups in total. The zero-order chi connectivity index (χ0) is 15.5. The van der Waals surface area contributed by atoms with Crippen molar-refractivity contribution in [2.45, 2.75) is 26.4 Å². The maximum Gasteiger partial charge on any atom is 0.270 e. The van der Waals surface area contributed by atoms with E-state index in [4.69, 9.17) is 0 Å². The lowest BCUT2D eigenvalue weighted by atomic mass is 10.2. The second kappa shape index (κ2) is 5.97. The molecule has 0 fully saturated rings. The average molecular weight is 294 g/mol. The molecule has 2 aromatic heterocycles. The van der Waals surface area contributed by atoms with Gasteiger partial charge in [0.25, 0.3) is 5.91 Å². The summed E-state index contributed by atoms with van der Waals surface area (Å²) >= 11 is 0. The summed E-state index contributed by atoms with van der Waals surface area (Å²) < 4.78 is 2.13. The van der Waals surface area contributed by atoms with Crippen LogP contribution in [0.15, 0.2) is 48.9 Å². The molecule has 0 radical (unpaired) electrons. The van der Waals surface area contributed by atoms with Gasteiger partial charge in [-0.05, 0) is 43.7 Å². The van der Waals surface area contributed by atoms with Gasteiger partial charge in [-0.2, -0.15) is 0 Å². The fraction of sp³-hybridized carbons (Fsp3) is 0.235. The summed E-state index contributed by atoms with van der Waals surface area (Å²) in [7, 11) is 0. The highest BCUT2D eigenvalue weighted by atomic mass is 16.1. The molecule has 112 valence electrons. The van der Waals surface area contributed by atoms with Gasteiger partial charge in [0.2, 0.25) is 0 Å². The van der Waals surface area contributed by atoms with E-state index in [0.717, 1.165) is 16.6 Å². The summed E-state index contributed by atoms with van der Waals surface area (Å²) in [4.78, 5) is 20.4. The van der Waals surface area contributed by atoms with Gasteiger partial charge in [-0.25, -0.2) is 4.98 Å². The summed E-state index contributed by atoms with van der Waals surface area (Å²) in [6.45, 7) is 4.71. The Hall–Kier alpha value is -2.69. The number of imidazole rings is 1. The molecule has 0 saturated carbocycles. The lowest BCUT2D eigenvalue weighted by Gasteiger charge is -2.08. The molecule has 3 aromatic rings. The second-order valence-corrected chi connectivity index (χ2v) is 5.47. The van der Waals surface area contributed by atoms with Crippen molar-refractivity contribution in [3.63, 3.8) is 0 Å². The monoisotopic (exact) mass is 294 g/mol. The summed E-state index contributed by atoms with van der Waals surface area (Å²) in [5.41, 5.74) is 3.49. The smallest absolute Gasteiger partial charge is 0.270 e. The van der Waals surface area contributed by atoms with E-state index < -0.39 is 0 Å². The van der Waals surface area contributed by atoms with Crippen molar-refractivity contribution in [2.75, 3.05) is 0 Å². The fourth-order valence-corrected chi connectivity index (χ4v) is 2.37. The standard InChI is InChI=1S/C17H18N4O/c1-12(2)21-11-20-15-9-13(6-7-16(15)21)10-19-17(22)14-5-3-4-8-18-14/h3-9,11-12H,10H2,1-2H3,(H,19,22). The van der Waals surface area contributed by atoms with E-state index in [1.165, 1.54) is 0 Å². The Kier molecular flexibility index (Phi) is 3.87. The largest absolute Gasteiger partial charge is 0.347 e. The van der Waals surface area contributed by atoms with E-state index in [1.807, 2.05) is 24.5 Å². The molecule has 5 nitrogen and oxygen atoms in total. The Bertz CT molecular complexity index is 793. The zero-order valence-electron chi connectivity index (χ0n) is 12.7. The SMILES string of the molecule is CC(C)n1cnc2cc(CNC(=O)c3ccccn3)ccc21. The average Bonchev–Trinajstić information content (AvgIpc) is 2.96. The van der Waals surface area contributed by atoms with Gasteiger partial charge in [0.05, 0.1) is 17.4 Å². The minimum absolute atomic E-state index is 0.173. The van der Waals surface area contributed by atoms with Crippen LogP contribution >= 0.6 is 0 Å². The Labute approximate surface area is 129 Å². The molecule has 0 spiro atoms. The van der Waals surface area contributed by atoms with Crippen molar-refractivity contribution in [1.82, 2.24) is 19.9 Å². The van der Waals surface area contributed by atoms with Gasteiger partial charge in [-0.1, -0.05) is 12.1 Å². The van der Waals surface area contributed by atoms with Crippen LogP contribution in [-0.4, -0.2) is 20.4 Å². The lowest BCUT2D eigenvalue weighted by molar-refractivity contribution is 0.0946. The molecule has 0 unspecified atom stereocenters. The molecule has 5 heteroatoms. The van der Waals surface area contributed by atoms with Gasteiger partial charge in [0.1, 0.15) is 5.69 Å². The van der Waals surface area contributed by atoms with Gasteiger partial charge >= 0.3 is 0 Å². The number of carbonyl (C=O) groups excluding carboxylic acids is 1. The van der Waals surface area contributed by atoms with Crippen LogP contribution in [0.25, 0.3) is 11.0 Å². The predicted molar refractivity (Wildman–Crippen MR) is 85.5 cm³/mol. The molecular formula is C17H18N4O. The molecule has 0 aliphatic rings. The third-order valence-electron chi connectivity index (χ3n) is 3.55. The van der Waals surface area contributed by atoms with Gasteiger partial charge in [-0.15, -0.1) is 0 Å². The van der Waals surface area contributed by atoms with Crippen molar-refractivity contribution in [3.05, 3.63) is 60.2 Å². The Morgan fingerprint density at radius 1 is 1.23 bits per heavy atom. The van der Waals surface area contributed by atoms with Crippen LogP contribution in [0, 0.1) is 0 Å². The second-order valence-electron chi connectivity index (χ2n) is 5.47. The number of hydrogen-bond acceptors (Lipinski definition) is 3. The highest BCUT2D eigenvalue weighted by Crippen LogP contribution is 2.18. The van der Waals surface area contributed by atoms with Gasteiger partial charge < -0.3 is 9.88 Å². The van der Waals surface area contributed by atoms with Crippen molar-refractivity contribution in [1.29, 1.82) is 0 Å². The van der Waals surface area contributed by atoms with E-state index in [9.17, 15) is 4.79 Å². The van der Waals surface area contributed by atoms with E-state index in [0.29, 0.717) is 18.3 Å². The quantitative estimate of drug-likeness (QED) is 0.805. The summed E-state index contributed by atoms with van der Waals surface area (Å²) in [6, 6.07) is 11.7. The van der Waals surface area contributed by atoms with Gasteiger partial charge in [0, 0.05) is 18.8 Å². The summed E-state index contributed by atoms with van der Waals surface area (Å²) in [5.74, 6) is -0.173. The molecule has 0 aliphatic carbocycles. The maximum atomic E-state index is 12.0. The molecular weight excluding hydrogens is 276 g/mol. The molecule has 22 heavy (non-hydrogen) atoms. The van der Waals surface area contributed by atoms with Gasteiger partial charge in [0.15, 0.2) is 0 Å². The van der Waals surface area contributed by atoms with E-state index in [2.05, 4.69) is 33.7 Å². The molecule has 0 atom stereocenters. The number of benzene rings is 1. The third-order valence-corrected chi connectivity index (χ3v) is 3.55. The highest BCUT2D eigenvalue weighted by Gasteiger charge is 2.08. The molecule has 0 aliphatic heterocycles. The zero-order valence-corrected chi connectivity index (χ0v) is 12.7. The molecule has 3 rings (SSSR count). The predicted octanol–water partition coefficient (Wildman–Crippen LogP) is 2.94. The molecule has 1 amide bonds. The van der Waals surface area contributed by atoms with Crippen molar-refractivity contribution in [2.24, 2.45) is 0 Å². The molecule has 0 saturated heterocycles. The Morgan fingerprint density at radius 3 is 2.82 bits per heavy atom.